The number of rotatable bonds is 60. The molecule has 0 aliphatic carbocycles. The lowest BCUT2D eigenvalue weighted by Crippen LogP contribution is -2.47. The first-order valence-corrected chi connectivity index (χ1v) is 30.3. The molecule has 0 saturated carbocycles. The molecule has 0 spiro atoms. The van der Waals surface area contributed by atoms with E-state index in [2.05, 4.69) is 31.9 Å². The zero-order valence-corrected chi connectivity index (χ0v) is 50.5. The Hall–Kier alpha value is -6.20. The summed E-state index contributed by atoms with van der Waals surface area (Å²) in [5.41, 5.74) is 0. The maximum atomic E-state index is 12.6. The average Bonchev–Trinajstić information content (AvgIpc) is 3.46. The highest BCUT2D eigenvalue weighted by Gasteiger charge is 2.27. The normalized spacial score (nSPS) is 13.2. The summed E-state index contributed by atoms with van der Waals surface area (Å²) in [6, 6.07) is -3.91. The monoisotopic (exact) mass is 1230 g/mol. The van der Waals surface area contributed by atoms with Crippen LogP contribution in [0.25, 0.3) is 0 Å². The Labute approximate surface area is 505 Å². The van der Waals surface area contributed by atoms with E-state index in [0.29, 0.717) is 25.7 Å². The maximum absolute atomic E-state index is 12.6. The molecule has 6 atom stereocenters. The van der Waals surface area contributed by atoms with E-state index in [-0.39, 0.29) is 130 Å². The molecule has 0 aliphatic rings. The molecule has 0 fully saturated rings. The van der Waals surface area contributed by atoms with Crippen LogP contribution in [-0.2, 0) is 76.5 Å². The van der Waals surface area contributed by atoms with Crippen molar-refractivity contribution >= 4 is 70.9 Å². The Morgan fingerprint density at radius 3 is 1.30 bits per heavy atom. The predicted molar refractivity (Wildman–Crippen MR) is 313 cm³/mol. The number of unbranched alkanes of at least 4 members (excludes halogenated alkanes) is 14. The molecule has 5 amide bonds. The maximum Gasteiger partial charge on any atom is 0.326 e. The summed E-state index contributed by atoms with van der Waals surface area (Å²) < 4.78 is 21.3. The number of amides is 5. The summed E-state index contributed by atoms with van der Waals surface area (Å²) in [5.74, 6) is -10.9. The quantitative estimate of drug-likeness (QED) is 0.0389. The number of nitrogens with one attached hydrogen (secondary N) is 6. The van der Waals surface area contributed by atoms with Gasteiger partial charge in [-0.2, -0.15) is 0 Å². The molecule has 0 saturated heterocycles. The number of aliphatic hydroxyl groups excluding tert-OH is 1. The van der Waals surface area contributed by atoms with Crippen LogP contribution in [0, 0.1) is 11.8 Å². The molecule has 0 rings (SSSR count). The van der Waals surface area contributed by atoms with Crippen LogP contribution in [0.3, 0.4) is 0 Å². The zero-order chi connectivity index (χ0) is 64.3. The fourth-order valence-corrected chi connectivity index (χ4v) is 8.59. The van der Waals surface area contributed by atoms with Crippen LogP contribution in [0.15, 0.2) is 0 Å². The van der Waals surface area contributed by atoms with Gasteiger partial charge in [0, 0.05) is 65.5 Å². The van der Waals surface area contributed by atoms with Crippen LogP contribution >= 0.6 is 0 Å². The fourth-order valence-electron chi connectivity index (χ4n) is 8.59. The second-order valence-corrected chi connectivity index (χ2v) is 21.3. The van der Waals surface area contributed by atoms with Gasteiger partial charge in [0.25, 0.3) is 0 Å². The first-order chi connectivity index (χ1) is 41.0. The van der Waals surface area contributed by atoms with Crippen molar-refractivity contribution in [3.8, 4) is 0 Å². The van der Waals surface area contributed by atoms with Gasteiger partial charge in [-0.3, -0.25) is 53.3 Å². The van der Waals surface area contributed by atoms with E-state index in [1.807, 2.05) is 0 Å². The van der Waals surface area contributed by atoms with Gasteiger partial charge in [-0.05, 0) is 51.9 Å². The third kappa shape index (κ3) is 47.0. The predicted octanol–water partition coefficient (Wildman–Crippen LogP) is 2.91. The molecular formula is C58H102N6O22. The van der Waals surface area contributed by atoms with E-state index in [4.69, 9.17) is 29.2 Å². The summed E-state index contributed by atoms with van der Waals surface area (Å²) in [7, 11) is 0. The molecule has 0 aromatic carbocycles. The SMILES string of the molecule is C[C@@H](CCCCNC(=O)CC[C@H](NC(=O)CC[C@H](CC(=O)COCCOCCNC(=O)COCCOCCNC(=O)CC[C@H](NC(=O)CCCCCCCCCCCCCCCCC(=O)O)C(=O)O)C(=O)O)C(=O)O)C(=O)CN[C@H](C(=O)O)[C@@H](C)O.[HH]. The highest BCUT2D eigenvalue weighted by Crippen LogP contribution is 2.16. The van der Waals surface area contributed by atoms with Crippen molar-refractivity contribution in [2.24, 2.45) is 11.8 Å². The van der Waals surface area contributed by atoms with Crippen molar-refractivity contribution in [2.75, 3.05) is 79.0 Å². The molecule has 0 aliphatic heterocycles. The van der Waals surface area contributed by atoms with Crippen molar-refractivity contribution in [1.29, 1.82) is 0 Å². The number of carboxylic acids is 5. The van der Waals surface area contributed by atoms with E-state index in [9.17, 15) is 78.0 Å². The lowest BCUT2D eigenvalue weighted by atomic mass is 9.97. The van der Waals surface area contributed by atoms with Gasteiger partial charge in [-0.15, -0.1) is 0 Å². The number of Topliss-reactive ketones (excluding diaryl/α,β-unsaturated/α-hetero) is 2. The number of carbonyl (C=O) groups excluding carboxylic acids is 7. The summed E-state index contributed by atoms with van der Waals surface area (Å²) in [4.78, 5) is 143. The largest absolute Gasteiger partial charge is 0.481 e. The van der Waals surface area contributed by atoms with E-state index >= 15 is 0 Å². The first-order valence-electron chi connectivity index (χ1n) is 30.3. The smallest absolute Gasteiger partial charge is 0.326 e. The van der Waals surface area contributed by atoms with Crippen LogP contribution in [0.2, 0.25) is 0 Å². The van der Waals surface area contributed by atoms with Crippen LogP contribution in [0.4, 0.5) is 0 Å². The van der Waals surface area contributed by atoms with E-state index in [1.54, 1.807) is 6.92 Å². The van der Waals surface area contributed by atoms with Gasteiger partial charge in [0.1, 0.15) is 37.1 Å². The van der Waals surface area contributed by atoms with Gasteiger partial charge < -0.3 is 76.2 Å². The summed E-state index contributed by atoms with van der Waals surface area (Å²) in [6.07, 6.45) is 13.7. The first kappa shape index (κ1) is 79.8. The highest BCUT2D eigenvalue weighted by molar-refractivity contribution is 5.87. The molecule has 496 valence electrons. The van der Waals surface area contributed by atoms with Crippen molar-refractivity contribution in [1.82, 2.24) is 31.9 Å². The molecule has 0 aromatic rings. The minimum atomic E-state index is -1.44. The van der Waals surface area contributed by atoms with Gasteiger partial charge in [-0.25, -0.2) is 9.59 Å². The van der Waals surface area contributed by atoms with Crippen LogP contribution in [0.1, 0.15) is 182 Å². The van der Waals surface area contributed by atoms with Crippen LogP contribution < -0.4 is 31.9 Å². The number of hydrogen-bond donors (Lipinski definition) is 12. The standard InChI is InChI=1S/C58H100N6O22.H2/c1-41(47(67)38-62-54(42(2)65)58(81)82)19-17-18-28-59-48(68)26-23-46(57(79)80)64-51(71)25-22-43(55(75)76)37-44(66)39-85-35-33-84-32-30-61-52(72)40-86-36-34-83-31-29-60-49(69)27-24-45(56(77)78)63-50(70)20-15-13-11-9-7-5-3-4-6-8-10-12-14-16-21-53(73)74;/h41-43,45-46,54,62,65H,3-40H2,1-2H3,(H,59,68)(H,60,69)(H,61,72)(H,63,70)(H,64,71)(H,73,74)(H,75,76)(H,77,78)(H,79,80)(H,81,82);1H/t41-,42+,43+,45-,46-,54-;/m0./s1. The zero-order valence-electron chi connectivity index (χ0n) is 50.5. The number of ketones is 2. The van der Waals surface area contributed by atoms with E-state index in [0.717, 1.165) is 51.4 Å². The average molecular weight is 1240 g/mol. The Balaban J connectivity index is 0. The lowest BCUT2D eigenvalue weighted by Gasteiger charge is -2.18. The third-order valence-corrected chi connectivity index (χ3v) is 13.7. The highest BCUT2D eigenvalue weighted by atomic mass is 16.5. The number of hydrogen-bond acceptors (Lipinski definition) is 18. The molecule has 0 bridgehead atoms. The lowest BCUT2D eigenvalue weighted by molar-refractivity contribution is -0.145. The minimum absolute atomic E-state index is 0. The van der Waals surface area contributed by atoms with Gasteiger partial charge >= 0.3 is 29.8 Å². The Bertz CT molecular complexity index is 2020. The van der Waals surface area contributed by atoms with Crippen molar-refractivity contribution in [3.05, 3.63) is 0 Å². The second kappa shape index (κ2) is 52.0. The molecule has 0 heterocycles. The fraction of sp³-hybridized carbons (Fsp3) is 0.793. The topological polar surface area (TPSA) is 435 Å². The van der Waals surface area contributed by atoms with Gasteiger partial charge in [0.05, 0.1) is 58.2 Å². The number of aliphatic hydroxyl groups is 1. The molecule has 86 heavy (non-hydrogen) atoms. The summed E-state index contributed by atoms with van der Waals surface area (Å²) in [5, 5.41) is 71.3. The molecule has 0 radical (unpaired) electrons. The van der Waals surface area contributed by atoms with E-state index < -0.39 is 115 Å². The number of aliphatic carboxylic acids is 5. The van der Waals surface area contributed by atoms with Crippen molar-refractivity contribution in [3.63, 3.8) is 0 Å². The number of carboxylic acid groups (broad SMARTS) is 5. The Kier molecular flexibility index (Phi) is 48.2. The molecule has 0 unspecified atom stereocenters. The van der Waals surface area contributed by atoms with Gasteiger partial charge in [-0.1, -0.05) is 90.4 Å². The van der Waals surface area contributed by atoms with E-state index in [1.165, 1.54) is 39.0 Å². The molecule has 12 N–H and O–H groups in total. The Morgan fingerprint density at radius 1 is 0.407 bits per heavy atom. The number of carbonyl (C=O) groups is 12. The van der Waals surface area contributed by atoms with Gasteiger partial charge in [0.15, 0.2) is 5.78 Å². The molecule has 0 aromatic heterocycles. The van der Waals surface area contributed by atoms with Gasteiger partial charge in [0.2, 0.25) is 29.5 Å². The van der Waals surface area contributed by atoms with Crippen molar-refractivity contribution in [2.45, 2.75) is 205 Å². The minimum Gasteiger partial charge on any atom is -0.481 e. The van der Waals surface area contributed by atoms with Crippen LogP contribution in [-0.4, -0.2) is 205 Å². The summed E-state index contributed by atoms with van der Waals surface area (Å²) in [6.45, 7) is 3.07. The second-order valence-electron chi connectivity index (χ2n) is 21.3. The van der Waals surface area contributed by atoms with Crippen LogP contribution in [0.5, 0.6) is 0 Å². The molecule has 28 heteroatoms. The number of ether oxygens (including phenoxy) is 4. The molecule has 28 nitrogen and oxygen atoms in total. The third-order valence-electron chi connectivity index (χ3n) is 13.7. The van der Waals surface area contributed by atoms with Crippen molar-refractivity contribution < 1.29 is 109 Å². The molecular weight excluding hydrogens is 1130 g/mol. The Morgan fingerprint density at radius 2 is 0.837 bits per heavy atom. The summed E-state index contributed by atoms with van der Waals surface area (Å²) >= 11 is 0.